The molecule has 0 unspecified atom stereocenters. The first-order valence-electron chi connectivity index (χ1n) is 9.55. The van der Waals surface area contributed by atoms with Crippen molar-refractivity contribution < 1.29 is 14.3 Å². The summed E-state index contributed by atoms with van der Waals surface area (Å²) in [6.45, 7) is 8.67. The molecule has 1 heterocycles. The Balaban J connectivity index is 1.62. The van der Waals surface area contributed by atoms with Gasteiger partial charge in [-0.2, -0.15) is 5.10 Å². The number of esters is 1. The van der Waals surface area contributed by atoms with Gasteiger partial charge in [-0.15, -0.1) is 0 Å². The molecule has 0 aliphatic rings. The van der Waals surface area contributed by atoms with Gasteiger partial charge in [-0.1, -0.05) is 50.2 Å². The number of nitrogens with zero attached hydrogens (tertiary/aromatic N) is 2. The van der Waals surface area contributed by atoms with Crippen molar-refractivity contribution in [1.29, 1.82) is 0 Å². The van der Waals surface area contributed by atoms with Gasteiger partial charge in [0.1, 0.15) is 0 Å². The van der Waals surface area contributed by atoms with E-state index >= 15 is 0 Å². The maximum Gasteiger partial charge on any atom is 0.310 e. The standard InChI is InChI=1S/C23H26N2O3/c1-15(2)13-25-17(4)21(16(3)24-25)12-23(27)28-14-22(26)20-10-9-18-7-5-6-8-19(18)11-20/h5-11,15H,12-14H2,1-4H3. The van der Waals surface area contributed by atoms with Crippen molar-refractivity contribution in [3.05, 3.63) is 65.0 Å². The lowest BCUT2D eigenvalue weighted by Crippen LogP contribution is -2.16. The molecule has 0 fully saturated rings. The van der Waals surface area contributed by atoms with Crippen LogP contribution < -0.4 is 0 Å². The van der Waals surface area contributed by atoms with Gasteiger partial charge in [0.05, 0.1) is 12.1 Å². The van der Waals surface area contributed by atoms with Crippen LogP contribution in [-0.4, -0.2) is 28.1 Å². The monoisotopic (exact) mass is 378 g/mol. The van der Waals surface area contributed by atoms with Gasteiger partial charge in [0.15, 0.2) is 12.4 Å². The van der Waals surface area contributed by atoms with E-state index in [0.717, 1.165) is 34.3 Å². The van der Waals surface area contributed by atoms with Crippen LogP contribution in [0.4, 0.5) is 0 Å². The number of hydrogen-bond acceptors (Lipinski definition) is 4. The van der Waals surface area contributed by atoms with E-state index in [1.165, 1.54) is 0 Å². The highest BCUT2D eigenvalue weighted by molar-refractivity contribution is 6.01. The molecule has 0 aliphatic carbocycles. The first-order chi connectivity index (χ1) is 13.3. The normalized spacial score (nSPS) is 11.2. The number of ketones is 1. The first-order valence-corrected chi connectivity index (χ1v) is 9.55. The zero-order valence-corrected chi connectivity index (χ0v) is 16.9. The van der Waals surface area contributed by atoms with Crippen molar-refractivity contribution >= 4 is 22.5 Å². The number of rotatable bonds is 7. The second kappa shape index (κ2) is 8.38. The molecule has 0 saturated heterocycles. The Morgan fingerprint density at radius 1 is 1.07 bits per heavy atom. The first kappa shape index (κ1) is 19.8. The fourth-order valence-corrected chi connectivity index (χ4v) is 3.30. The molecule has 0 aliphatic heterocycles. The number of aromatic nitrogens is 2. The van der Waals surface area contributed by atoms with Crippen LogP contribution in [0.25, 0.3) is 10.8 Å². The molecular weight excluding hydrogens is 352 g/mol. The Labute approximate surface area is 165 Å². The lowest BCUT2D eigenvalue weighted by atomic mass is 10.0. The molecule has 1 aromatic heterocycles. The van der Waals surface area contributed by atoms with E-state index in [1.807, 2.05) is 54.9 Å². The largest absolute Gasteiger partial charge is 0.457 e. The third-order valence-electron chi connectivity index (χ3n) is 4.83. The van der Waals surface area contributed by atoms with E-state index in [1.54, 1.807) is 6.07 Å². The highest BCUT2D eigenvalue weighted by atomic mass is 16.5. The van der Waals surface area contributed by atoms with Crippen LogP contribution in [0.1, 0.15) is 41.2 Å². The molecule has 146 valence electrons. The summed E-state index contributed by atoms with van der Waals surface area (Å²) >= 11 is 0. The highest BCUT2D eigenvalue weighted by Crippen LogP contribution is 2.17. The third-order valence-corrected chi connectivity index (χ3v) is 4.83. The highest BCUT2D eigenvalue weighted by Gasteiger charge is 2.17. The summed E-state index contributed by atoms with van der Waals surface area (Å²) < 4.78 is 7.18. The quantitative estimate of drug-likeness (QED) is 0.455. The zero-order valence-electron chi connectivity index (χ0n) is 16.9. The minimum atomic E-state index is -0.413. The lowest BCUT2D eigenvalue weighted by molar-refractivity contribution is -0.141. The molecule has 28 heavy (non-hydrogen) atoms. The molecule has 0 atom stereocenters. The summed E-state index contributed by atoms with van der Waals surface area (Å²) in [7, 11) is 0. The fourth-order valence-electron chi connectivity index (χ4n) is 3.30. The summed E-state index contributed by atoms with van der Waals surface area (Å²) in [5.41, 5.74) is 3.23. The van der Waals surface area contributed by atoms with Crippen LogP contribution in [0.15, 0.2) is 42.5 Å². The van der Waals surface area contributed by atoms with Crippen molar-refractivity contribution in [1.82, 2.24) is 9.78 Å². The Bertz CT molecular complexity index is 1020. The maximum atomic E-state index is 12.4. The molecule has 0 radical (unpaired) electrons. The Morgan fingerprint density at radius 2 is 1.79 bits per heavy atom. The molecule has 5 heteroatoms. The van der Waals surface area contributed by atoms with Crippen LogP contribution in [0.5, 0.6) is 0 Å². The smallest absolute Gasteiger partial charge is 0.310 e. The fraction of sp³-hybridized carbons (Fsp3) is 0.348. The summed E-state index contributed by atoms with van der Waals surface area (Å²) in [5, 5.41) is 6.58. The minimum Gasteiger partial charge on any atom is -0.457 e. The number of carbonyl (C=O) groups excluding carboxylic acids is 2. The number of aryl methyl sites for hydroxylation is 1. The number of benzene rings is 2. The lowest BCUT2D eigenvalue weighted by Gasteiger charge is -2.08. The van der Waals surface area contributed by atoms with E-state index < -0.39 is 5.97 Å². The summed E-state index contributed by atoms with van der Waals surface area (Å²) in [6.07, 6.45) is 0.126. The molecule has 0 saturated carbocycles. The predicted octanol–water partition coefficient (Wildman–Crippen LogP) is 4.28. The van der Waals surface area contributed by atoms with Crippen LogP contribution in [0, 0.1) is 19.8 Å². The molecule has 0 spiro atoms. The zero-order chi connectivity index (χ0) is 20.3. The average molecular weight is 378 g/mol. The number of ether oxygens (including phenoxy) is 1. The number of carbonyl (C=O) groups is 2. The molecule has 0 N–H and O–H groups in total. The third kappa shape index (κ3) is 4.47. The summed E-state index contributed by atoms with van der Waals surface area (Å²) in [6, 6.07) is 13.3. The van der Waals surface area contributed by atoms with E-state index in [9.17, 15) is 9.59 Å². The van der Waals surface area contributed by atoms with Gasteiger partial charge in [-0.25, -0.2) is 0 Å². The van der Waals surface area contributed by atoms with Gasteiger partial charge >= 0.3 is 5.97 Å². The van der Waals surface area contributed by atoms with Crippen LogP contribution in [-0.2, 0) is 22.5 Å². The van der Waals surface area contributed by atoms with E-state index in [2.05, 4.69) is 18.9 Å². The molecule has 0 amide bonds. The van der Waals surface area contributed by atoms with E-state index in [4.69, 9.17) is 4.74 Å². The van der Waals surface area contributed by atoms with Crippen molar-refractivity contribution in [2.45, 2.75) is 40.7 Å². The van der Waals surface area contributed by atoms with Crippen LogP contribution >= 0.6 is 0 Å². The molecule has 2 aromatic carbocycles. The second-order valence-corrected chi connectivity index (χ2v) is 7.55. The Hall–Kier alpha value is -2.95. The van der Waals surface area contributed by atoms with Gasteiger partial charge in [-0.05, 0) is 36.6 Å². The minimum absolute atomic E-state index is 0.126. The van der Waals surface area contributed by atoms with Crippen molar-refractivity contribution in [2.75, 3.05) is 6.61 Å². The molecular formula is C23H26N2O3. The van der Waals surface area contributed by atoms with Crippen molar-refractivity contribution in [3.8, 4) is 0 Å². The van der Waals surface area contributed by atoms with Gasteiger partial charge in [-0.3, -0.25) is 14.3 Å². The topological polar surface area (TPSA) is 61.2 Å². The van der Waals surface area contributed by atoms with Gasteiger partial charge in [0.25, 0.3) is 0 Å². The summed E-state index contributed by atoms with van der Waals surface area (Å²) in [5.74, 6) is -0.148. The maximum absolute atomic E-state index is 12.4. The average Bonchev–Trinajstić information content (AvgIpc) is 2.92. The van der Waals surface area contributed by atoms with Crippen molar-refractivity contribution in [2.24, 2.45) is 5.92 Å². The van der Waals surface area contributed by atoms with E-state index in [0.29, 0.717) is 11.5 Å². The molecule has 0 bridgehead atoms. The van der Waals surface area contributed by atoms with Crippen LogP contribution in [0.3, 0.4) is 0 Å². The predicted molar refractivity (Wildman–Crippen MR) is 109 cm³/mol. The van der Waals surface area contributed by atoms with Crippen molar-refractivity contribution in [3.63, 3.8) is 0 Å². The Morgan fingerprint density at radius 3 is 2.50 bits per heavy atom. The summed E-state index contributed by atoms with van der Waals surface area (Å²) in [4.78, 5) is 24.7. The number of hydrogen-bond donors (Lipinski definition) is 0. The second-order valence-electron chi connectivity index (χ2n) is 7.55. The SMILES string of the molecule is Cc1nn(CC(C)C)c(C)c1CC(=O)OCC(=O)c1ccc2ccccc2c1. The Kier molecular flexibility index (Phi) is 5.93. The molecule has 3 rings (SSSR count). The van der Waals surface area contributed by atoms with E-state index in [-0.39, 0.29) is 18.8 Å². The van der Waals surface area contributed by atoms with Gasteiger partial charge in [0, 0.05) is 23.4 Å². The number of Topliss-reactive ketones (excluding diaryl/α,β-unsaturated/α-hetero) is 1. The van der Waals surface area contributed by atoms with Gasteiger partial charge < -0.3 is 4.74 Å². The molecule has 5 nitrogen and oxygen atoms in total. The van der Waals surface area contributed by atoms with Crippen LogP contribution in [0.2, 0.25) is 0 Å². The van der Waals surface area contributed by atoms with Gasteiger partial charge in [0.2, 0.25) is 0 Å². The number of fused-ring (bicyclic) bond motifs is 1. The molecule has 3 aromatic rings.